The van der Waals surface area contributed by atoms with Gasteiger partial charge in [0, 0.05) is 6.54 Å². The Morgan fingerprint density at radius 2 is 2.19 bits per heavy atom. The Kier molecular flexibility index (Phi) is 5.61. The highest BCUT2D eigenvalue weighted by atomic mass is 32.2. The van der Waals surface area contributed by atoms with E-state index in [1.807, 2.05) is 4.57 Å². The fourth-order valence-corrected chi connectivity index (χ4v) is 2.98. The van der Waals surface area contributed by atoms with E-state index in [4.69, 9.17) is 5.11 Å². The van der Waals surface area contributed by atoms with Crippen LogP contribution >= 0.6 is 11.8 Å². The summed E-state index contributed by atoms with van der Waals surface area (Å²) in [6.07, 6.45) is 4.41. The van der Waals surface area contributed by atoms with Crippen LogP contribution in [0.2, 0.25) is 0 Å². The second-order valence-electron chi connectivity index (χ2n) is 4.92. The molecule has 1 aromatic heterocycles. The summed E-state index contributed by atoms with van der Waals surface area (Å²) in [6.45, 7) is 2.89. The lowest BCUT2D eigenvalue weighted by atomic mass is 10.2. The SMILES string of the molecule is CCCCCCn1c(SCC(=O)O)nc2ccc(F)cc21. The van der Waals surface area contributed by atoms with Crippen molar-refractivity contribution in [3.05, 3.63) is 24.0 Å². The number of hydrogen-bond acceptors (Lipinski definition) is 3. The number of aromatic nitrogens is 2. The van der Waals surface area contributed by atoms with Gasteiger partial charge >= 0.3 is 5.97 Å². The van der Waals surface area contributed by atoms with Crippen molar-refractivity contribution in [3.63, 3.8) is 0 Å². The molecule has 0 aliphatic heterocycles. The number of aliphatic carboxylic acids is 1. The number of rotatable bonds is 8. The van der Waals surface area contributed by atoms with Crippen LogP contribution in [0.15, 0.2) is 23.4 Å². The lowest BCUT2D eigenvalue weighted by Gasteiger charge is -2.08. The van der Waals surface area contributed by atoms with Crippen molar-refractivity contribution in [2.45, 2.75) is 44.3 Å². The average Bonchev–Trinajstić information content (AvgIpc) is 2.78. The Hall–Kier alpha value is -1.56. The number of benzene rings is 1. The minimum atomic E-state index is -0.879. The van der Waals surface area contributed by atoms with Crippen LogP contribution in [0.1, 0.15) is 32.6 Å². The lowest BCUT2D eigenvalue weighted by molar-refractivity contribution is -0.133. The molecule has 0 atom stereocenters. The number of fused-ring (bicyclic) bond motifs is 1. The molecule has 1 aromatic carbocycles. The van der Waals surface area contributed by atoms with Gasteiger partial charge in [-0.1, -0.05) is 37.9 Å². The quantitative estimate of drug-likeness (QED) is 0.593. The second-order valence-corrected chi connectivity index (χ2v) is 5.86. The number of carboxylic acids is 1. The number of imidazole rings is 1. The fraction of sp³-hybridized carbons (Fsp3) is 0.467. The minimum absolute atomic E-state index is 0.0409. The molecule has 2 rings (SSSR count). The summed E-state index contributed by atoms with van der Waals surface area (Å²) in [5.41, 5.74) is 1.44. The number of halogens is 1. The van der Waals surface area contributed by atoms with Gasteiger partial charge in [0.15, 0.2) is 5.16 Å². The maximum Gasteiger partial charge on any atom is 0.313 e. The van der Waals surface area contributed by atoms with Gasteiger partial charge in [-0.25, -0.2) is 9.37 Å². The van der Waals surface area contributed by atoms with Crippen molar-refractivity contribution >= 4 is 28.8 Å². The predicted octanol–water partition coefficient (Wildman–Crippen LogP) is 3.93. The molecule has 0 saturated heterocycles. The fourth-order valence-electron chi connectivity index (χ4n) is 2.22. The molecule has 6 heteroatoms. The monoisotopic (exact) mass is 310 g/mol. The van der Waals surface area contributed by atoms with Crippen molar-refractivity contribution in [3.8, 4) is 0 Å². The Labute approximate surface area is 127 Å². The van der Waals surface area contributed by atoms with E-state index in [0.717, 1.165) is 31.3 Å². The zero-order valence-electron chi connectivity index (χ0n) is 12.0. The van der Waals surface area contributed by atoms with Gasteiger partial charge in [0.25, 0.3) is 0 Å². The molecule has 21 heavy (non-hydrogen) atoms. The number of carboxylic acid groups (broad SMARTS) is 1. The van der Waals surface area contributed by atoms with Crippen molar-refractivity contribution in [2.24, 2.45) is 0 Å². The van der Waals surface area contributed by atoms with E-state index in [1.54, 1.807) is 6.07 Å². The summed E-state index contributed by atoms with van der Waals surface area (Å²) < 4.78 is 15.4. The highest BCUT2D eigenvalue weighted by Crippen LogP contribution is 2.25. The van der Waals surface area contributed by atoms with Gasteiger partial charge < -0.3 is 9.67 Å². The standard InChI is InChI=1S/C15H19FN2O2S/c1-2-3-4-5-8-18-13-9-11(16)6-7-12(13)17-15(18)21-10-14(19)20/h6-7,9H,2-5,8,10H2,1H3,(H,19,20). The third-order valence-corrected chi connectivity index (χ3v) is 4.20. The number of carbonyl (C=O) groups is 1. The van der Waals surface area contributed by atoms with Crippen LogP contribution in [0.25, 0.3) is 11.0 Å². The van der Waals surface area contributed by atoms with E-state index in [0.29, 0.717) is 10.7 Å². The number of hydrogen-bond donors (Lipinski definition) is 1. The predicted molar refractivity (Wildman–Crippen MR) is 82.2 cm³/mol. The molecule has 0 amide bonds. The average molecular weight is 310 g/mol. The van der Waals surface area contributed by atoms with Crippen LogP contribution in [0.5, 0.6) is 0 Å². The largest absolute Gasteiger partial charge is 0.481 e. The third kappa shape index (κ3) is 4.20. The summed E-state index contributed by atoms with van der Waals surface area (Å²) in [5.74, 6) is -1.22. The molecule has 1 N–H and O–H groups in total. The molecule has 2 aromatic rings. The summed E-state index contributed by atoms with van der Waals surface area (Å²) >= 11 is 1.18. The lowest BCUT2D eigenvalue weighted by Crippen LogP contribution is -2.03. The molecule has 0 aliphatic carbocycles. The van der Waals surface area contributed by atoms with Crippen LogP contribution in [0.4, 0.5) is 4.39 Å². The van der Waals surface area contributed by atoms with Crippen LogP contribution in [0, 0.1) is 5.82 Å². The molecule has 0 unspecified atom stereocenters. The van der Waals surface area contributed by atoms with Gasteiger partial charge in [0.05, 0.1) is 16.8 Å². The first-order valence-electron chi connectivity index (χ1n) is 7.12. The van der Waals surface area contributed by atoms with Gasteiger partial charge in [0.1, 0.15) is 5.82 Å². The summed E-state index contributed by atoms with van der Waals surface area (Å²) in [5, 5.41) is 9.46. The van der Waals surface area contributed by atoms with E-state index in [1.165, 1.54) is 30.3 Å². The highest BCUT2D eigenvalue weighted by molar-refractivity contribution is 7.99. The molecule has 0 radical (unpaired) electrons. The van der Waals surface area contributed by atoms with Crippen molar-refractivity contribution in [1.82, 2.24) is 9.55 Å². The Morgan fingerprint density at radius 1 is 1.38 bits per heavy atom. The smallest absolute Gasteiger partial charge is 0.313 e. The summed E-state index contributed by atoms with van der Waals surface area (Å²) in [7, 11) is 0. The van der Waals surface area contributed by atoms with E-state index in [2.05, 4.69) is 11.9 Å². The Morgan fingerprint density at radius 3 is 2.90 bits per heavy atom. The topological polar surface area (TPSA) is 55.1 Å². The number of aryl methyl sites for hydroxylation is 1. The van der Waals surface area contributed by atoms with E-state index in [-0.39, 0.29) is 11.6 Å². The van der Waals surface area contributed by atoms with Gasteiger partial charge in [-0.05, 0) is 24.6 Å². The third-order valence-electron chi connectivity index (χ3n) is 3.24. The van der Waals surface area contributed by atoms with Crippen LogP contribution in [-0.2, 0) is 11.3 Å². The number of nitrogens with zero attached hydrogens (tertiary/aromatic N) is 2. The molecule has 0 spiro atoms. The molecule has 0 fully saturated rings. The minimum Gasteiger partial charge on any atom is -0.481 e. The zero-order chi connectivity index (χ0) is 15.2. The van der Waals surface area contributed by atoms with Gasteiger partial charge in [0.2, 0.25) is 0 Å². The van der Waals surface area contributed by atoms with Crippen molar-refractivity contribution in [1.29, 1.82) is 0 Å². The highest BCUT2D eigenvalue weighted by Gasteiger charge is 2.13. The molecule has 0 saturated carbocycles. The summed E-state index contributed by atoms with van der Waals surface area (Å²) in [4.78, 5) is 15.2. The molecular weight excluding hydrogens is 291 g/mol. The van der Waals surface area contributed by atoms with Crippen LogP contribution in [0.3, 0.4) is 0 Å². The molecule has 1 heterocycles. The zero-order valence-corrected chi connectivity index (χ0v) is 12.8. The summed E-state index contributed by atoms with van der Waals surface area (Å²) in [6, 6.07) is 4.48. The van der Waals surface area contributed by atoms with Gasteiger partial charge in [-0.15, -0.1) is 0 Å². The normalized spacial score (nSPS) is 11.1. The first-order chi connectivity index (χ1) is 10.1. The van der Waals surface area contributed by atoms with Gasteiger partial charge in [-0.3, -0.25) is 4.79 Å². The molecule has 114 valence electrons. The number of unbranched alkanes of at least 4 members (excludes halogenated alkanes) is 3. The number of thioether (sulfide) groups is 1. The van der Waals surface area contributed by atoms with E-state index < -0.39 is 5.97 Å². The molecule has 0 bridgehead atoms. The van der Waals surface area contributed by atoms with Crippen molar-refractivity contribution < 1.29 is 14.3 Å². The van der Waals surface area contributed by atoms with Gasteiger partial charge in [-0.2, -0.15) is 0 Å². The first-order valence-corrected chi connectivity index (χ1v) is 8.10. The maximum absolute atomic E-state index is 13.4. The first kappa shape index (κ1) is 15.8. The molecular formula is C15H19FN2O2S. The Balaban J connectivity index is 2.24. The second kappa shape index (κ2) is 7.45. The van der Waals surface area contributed by atoms with E-state index >= 15 is 0 Å². The van der Waals surface area contributed by atoms with E-state index in [9.17, 15) is 9.18 Å². The van der Waals surface area contributed by atoms with Crippen LogP contribution < -0.4 is 0 Å². The maximum atomic E-state index is 13.4. The molecule has 4 nitrogen and oxygen atoms in total. The molecule has 0 aliphatic rings. The Bertz CT molecular complexity index is 627. The van der Waals surface area contributed by atoms with Crippen LogP contribution in [-0.4, -0.2) is 26.4 Å². The van der Waals surface area contributed by atoms with Crippen molar-refractivity contribution in [2.75, 3.05) is 5.75 Å².